The van der Waals surface area contributed by atoms with Crippen molar-refractivity contribution >= 4 is 34.7 Å². The standard InChI is InChI=1S/C29H41N9O2/c1-19-5-4-6-23(17-19)34-29(39)40-37-15-13-22(14-16-37)32-26-25-27(38(18-31-25)24-7-2-3-8-24)36-28(35-26)33-21-11-9-20(30)10-12-21/h4-6,17-18,20-22,24H,2-3,7-16,30H2,1H3,(H,34,39)(H2,32,33,35,36). The molecule has 3 fully saturated rings. The number of aromatic nitrogens is 4. The molecule has 0 unspecified atom stereocenters. The highest BCUT2D eigenvalue weighted by Crippen LogP contribution is 2.34. The van der Waals surface area contributed by atoms with Gasteiger partial charge in [-0.2, -0.15) is 9.97 Å². The van der Waals surface area contributed by atoms with Gasteiger partial charge in [0.05, 0.1) is 6.33 Å². The van der Waals surface area contributed by atoms with Gasteiger partial charge < -0.3 is 25.8 Å². The van der Waals surface area contributed by atoms with Crippen molar-refractivity contribution in [3.8, 4) is 0 Å². The van der Waals surface area contributed by atoms with E-state index in [1.165, 1.54) is 12.8 Å². The van der Waals surface area contributed by atoms with Gasteiger partial charge in [0, 0.05) is 42.9 Å². The smallest absolute Gasteiger partial charge is 0.365 e. The summed E-state index contributed by atoms with van der Waals surface area (Å²) < 4.78 is 2.25. The molecule has 40 heavy (non-hydrogen) atoms. The van der Waals surface area contributed by atoms with Crippen LogP contribution in [0.25, 0.3) is 11.2 Å². The second-order valence-electron chi connectivity index (χ2n) is 11.6. The summed E-state index contributed by atoms with van der Waals surface area (Å²) in [5.74, 6) is 1.43. The lowest BCUT2D eigenvalue weighted by Crippen LogP contribution is -2.41. The number of benzene rings is 1. The Hall–Kier alpha value is -3.44. The summed E-state index contributed by atoms with van der Waals surface area (Å²) >= 11 is 0. The van der Waals surface area contributed by atoms with Crippen LogP contribution >= 0.6 is 0 Å². The summed E-state index contributed by atoms with van der Waals surface area (Å²) in [5.41, 5.74) is 9.65. The Morgan fingerprint density at radius 1 is 0.975 bits per heavy atom. The molecule has 5 N–H and O–H groups in total. The first-order valence-corrected chi connectivity index (χ1v) is 14.8. The Morgan fingerprint density at radius 3 is 2.48 bits per heavy atom. The number of nitrogens with two attached hydrogens (primary N) is 1. The van der Waals surface area contributed by atoms with E-state index in [2.05, 4.69) is 20.5 Å². The van der Waals surface area contributed by atoms with Crippen molar-refractivity contribution in [2.75, 3.05) is 29.0 Å². The van der Waals surface area contributed by atoms with Gasteiger partial charge in [0.15, 0.2) is 17.0 Å². The molecule has 11 heteroatoms. The first kappa shape index (κ1) is 26.8. The Labute approximate surface area is 235 Å². The van der Waals surface area contributed by atoms with Crippen molar-refractivity contribution in [2.45, 2.75) is 95.3 Å². The molecule has 1 saturated heterocycles. The molecule has 3 aliphatic rings. The molecule has 0 radical (unpaired) electrons. The maximum absolute atomic E-state index is 12.4. The molecule has 2 saturated carbocycles. The molecule has 214 valence electrons. The van der Waals surface area contributed by atoms with Crippen LogP contribution in [0.2, 0.25) is 0 Å². The number of rotatable bonds is 7. The highest BCUT2D eigenvalue weighted by Gasteiger charge is 2.27. The molecule has 1 aliphatic heterocycles. The lowest BCUT2D eigenvalue weighted by atomic mass is 9.92. The average Bonchev–Trinajstić information content (AvgIpc) is 3.61. The lowest BCUT2D eigenvalue weighted by Gasteiger charge is -2.31. The molecular formula is C29H41N9O2. The fraction of sp³-hybridized carbons (Fsp3) is 0.586. The van der Waals surface area contributed by atoms with E-state index in [1.54, 1.807) is 5.06 Å². The van der Waals surface area contributed by atoms with Crippen LogP contribution in [0.15, 0.2) is 30.6 Å². The van der Waals surface area contributed by atoms with Crippen LogP contribution in [0.4, 0.5) is 22.2 Å². The van der Waals surface area contributed by atoms with E-state index in [0.29, 0.717) is 37.2 Å². The molecular weight excluding hydrogens is 506 g/mol. The zero-order chi connectivity index (χ0) is 27.5. The van der Waals surface area contributed by atoms with Crippen LogP contribution in [0, 0.1) is 6.92 Å². The van der Waals surface area contributed by atoms with Gasteiger partial charge in [-0.3, -0.25) is 5.32 Å². The van der Waals surface area contributed by atoms with Gasteiger partial charge in [-0.05, 0) is 76.0 Å². The number of imidazole rings is 1. The SMILES string of the molecule is Cc1cccc(NC(=O)ON2CCC(Nc3nc(NC4CCC(N)CC4)nc4c3ncn4C3CCCC3)CC2)c1. The number of fused-ring (bicyclic) bond motifs is 1. The van der Waals surface area contributed by atoms with E-state index in [1.807, 2.05) is 37.5 Å². The topological polar surface area (TPSA) is 135 Å². The molecule has 3 aromatic rings. The van der Waals surface area contributed by atoms with E-state index in [0.717, 1.165) is 79.6 Å². The minimum Gasteiger partial charge on any atom is -0.365 e. The minimum absolute atomic E-state index is 0.190. The van der Waals surface area contributed by atoms with Gasteiger partial charge in [-0.25, -0.2) is 9.78 Å². The number of hydrogen-bond acceptors (Lipinski definition) is 9. The van der Waals surface area contributed by atoms with Crippen LogP contribution in [0.1, 0.15) is 75.8 Å². The average molecular weight is 548 g/mol. The zero-order valence-electron chi connectivity index (χ0n) is 23.3. The molecule has 0 spiro atoms. The summed E-state index contributed by atoms with van der Waals surface area (Å²) in [4.78, 5) is 32.6. The fourth-order valence-corrected chi connectivity index (χ4v) is 6.24. The van der Waals surface area contributed by atoms with Gasteiger partial charge in [-0.15, -0.1) is 5.06 Å². The van der Waals surface area contributed by atoms with Crippen molar-refractivity contribution in [3.63, 3.8) is 0 Å². The highest BCUT2D eigenvalue weighted by atomic mass is 16.7. The molecule has 11 nitrogen and oxygen atoms in total. The van der Waals surface area contributed by atoms with Crippen molar-refractivity contribution in [2.24, 2.45) is 5.73 Å². The molecule has 0 bridgehead atoms. The van der Waals surface area contributed by atoms with Crippen LogP contribution in [-0.4, -0.2) is 61.9 Å². The maximum Gasteiger partial charge on any atom is 0.430 e. The fourth-order valence-electron chi connectivity index (χ4n) is 6.24. The molecule has 6 rings (SSSR count). The van der Waals surface area contributed by atoms with Gasteiger partial charge in [0.1, 0.15) is 0 Å². The first-order chi connectivity index (χ1) is 19.5. The van der Waals surface area contributed by atoms with E-state index >= 15 is 0 Å². The molecule has 1 aromatic carbocycles. The second kappa shape index (κ2) is 12.0. The monoisotopic (exact) mass is 547 g/mol. The van der Waals surface area contributed by atoms with Crippen molar-refractivity contribution < 1.29 is 9.63 Å². The van der Waals surface area contributed by atoms with Gasteiger partial charge in [0.25, 0.3) is 0 Å². The molecule has 1 amide bonds. The number of hydroxylamine groups is 2. The van der Waals surface area contributed by atoms with Crippen molar-refractivity contribution in [3.05, 3.63) is 36.2 Å². The Kier molecular flexibility index (Phi) is 8.01. The van der Waals surface area contributed by atoms with Gasteiger partial charge in [0.2, 0.25) is 5.95 Å². The van der Waals surface area contributed by atoms with Gasteiger partial charge >= 0.3 is 6.09 Å². The molecule has 0 atom stereocenters. The number of carbonyl (C=O) groups is 1. The number of aryl methyl sites for hydroxylation is 1. The summed E-state index contributed by atoms with van der Waals surface area (Å²) in [6.07, 6.45) is 12.0. The number of nitrogens with one attached hydrogen (secondary N) is 3. The van der Waals surface area contributed by atoms with E-state index < -0.39 is 6.09 Å². The summed E-state index contributed by atoms with van der Waals surface area (Å²) in [7, 11) is 0. The normalized spacial score (nSPS) is 22.9. The zero-order valence-corrected chi connectivity index (χ0v) is 23.3. The third kappa shape index (κ3) is 6.31. The quantitative estimate of drug-likeness (QED) is 0.323. The van der Waals surface area contributed by atoms with Crippen LogP contribution in [0.5, 0.6) is 0 Å². The number of anilines is 3. The summed E-state index contributed by atoms with van der Waals surface area (Å²) in [6.45, 7) is 3.26. The minimum atomic E-state index is -0.466. The number of amides is 1. The van der Waals surface area contributed by atoms with E-state index in [-0.39, 0.29) is 6.04 Å². The van der Waals surface area contributed by atoms with Crippen LogP contribution in [0.3, 0.4) is 0 Å². The summed E-state index contributed by atoms with van der Waals surface area (Å²) in [6, 6.07) is 8.94. The highest BCUT2D eigenvalue weighted by molar-refractivity contribution is 5.85. The van der Waals surface area contributed by atoms with E-state index in [4.69, 9.17) is 25.5 Å². The Bertz CT molecular complexity index is 1310. The van der Waals surface area contributed by atoms with Crippen LogP contribution < -0.4 is 21.7 Å². The molecule has 2 aliphatic carbocycles. The number of carbonyl (C=O) groups excluding carboxylic acids is 1. The van der Waals surface area contributed by atoms with Crippen molar-refractivity contribution in [1.29, 1.82) is 0 Å². The molecule has 2 aromatic heterocycles. The number of hydrogen-bond donors (Lipinski definition) is 4. The molecule has 3 heterocycles. The number of piperidine rings is 1. The Morgan fingerprint density at radius 2 is 1.73 bits per heavy atom. The largest absolute Gasteiger partial charge is 0.430 e. The lowest BCUT2D eigenvalue weighted by molar-refractivity contribution is -0.106. The summed E-state index contributed by atoms with van der Waals surface area (Å²) in [5, 5.41) is 11.8. The first-order valence-electron chi connectivity index (χ1n) is 14.8. The Balaban J connectivity index is 1.12. The maximum atomic E-state index is 12.4. The van der Waals surface area contributed by atoms with Crippen molar-refractivity contribution in [1.82, 2.24) is 24.6 Å². The predicted octanol–water partition coefficient (Wildman–Crippen LogP) is 4.97. The van der Waals surface area contributed by atoms with E-state index in [9.17, 15) is 4.79 Å². The predicted molar refractivity (Wildman–Crippen MR) is 156 cm³/mol. The van der Waals surface area contributed by atoms with Gasteiger partial charge in [-0.1, -0.05) is 25.0 Å². The number of nitrogens with zero attached hydrogens (tertiary/aromatic N) is 5. The third-order valence-electron chi connectivity index (χ3n) is 8.52. The van der Waals surface area contributed by atoms with Crippen LogP contribution in [-0.2, 0) is 4.84 Å². The second-order valence-corrected chi connectivity index (χ2v) is 11.6. The third-order valence-corrected chi connectivity index (χ3v) is 8.52.